The SMILES string of the molecule is C/C=C(\C(Cl)=C/C)c1cc(C(=O)NC)c2cc(C)cc(C)c2n1.CC.CC.CC(=O)N(C)CCc1cnc(C)o1.CN. The first kappa shape index (κ1) is 40.6. The first-order valence-corrected chi connectivity index (χ1v) is 14.7. The Morgan fingerprint density at radius 2 is 1.64 bits per heavy atom. The summed E-state index contributed by atoms with van der Waals surface area (Å²) in [5.41, 5.74) is 9.60. The van der Waals surface area contributed by atoms with Crippen molar-refractivity contribution in [3.8, 4) is 0 Å². The quantitative estimate of drug-likeness (QED) is 0.285. The third-order valence-corrected chi connectivity index (χ3v) is 6.12. The number of pyridine rings is 1. The summed E-state index contributed by atoms with van der Waals surface area (Å²) in [5.74, 6) is 1.43. The number of oxazole rings is 1. The smallest absolute Gasteiger partial charge is 0.251 e. The van der Waals surface area contributed by atoms with Gasteiger partial charge in [-0.1, -0.05) is 63.1 Å². The minimum atomic E-state index is -0.129. The average molecular weight is 602 g/mol. The Kier molecular flexibility index (Phi) is 21.4. The van der Waals surface area contributed by atoms with E-state index in [1.165, 1.54) is 7.05 Å². The van der Waals surface area contributed by atoms with E-state index in [9.17, 15) is 9.59 Å². The monoisotopic (exact) mass is 601 g/mol. The molecule has 0 unspecified atom stereocenters. The lowest BCUT2D eigenvalue weighted by Crippen LogP contribution is -2.25. The fourth-order valence-electron chi connectivity index (χ4n) is 3.66. The van der Waals surface area contributed by atoms with Crippen LogP contribution in [-0.4, -0.2) is 54.4 Å². The molecule has 0 bridgehead atoms. The van der Waals surface area contributed by atoms with E-state index in [2.05, 4.69) is 22.1 Å². The molecule has 0 spiro atoms. The number of aromatic nitrogens is 2. The molecule has 0 aliphatic carbocycles. The first-order valence-electron chi connectivity index (χ1n) is 14.4. The van der Waals surface area contributed by atoms with Crippen molar-refractivity contribution in [2.75, 3.05) is 27.7 Å². The molecule has 0 saturated heterocycles. The molecular formula is C33H52ClN5O3. The van der Waals surface area contributed by atoms with Gasteiger partial charge in [0.05, 0.1) is 23.0 Å². The van der Waals surface area contributed by atoms with Crippen molar-refractivity contribution in [1.29, 1.82) is 0 Å². The zero-order valence-electron chi connectivity index (χ0n) is 27.9. The molecule has 9 heteroatoms. The summed E-state index contributed by atoms with van der Waals surface area (Å²) in [6.45, 7) is 19.8. The van der Waals surface area contributed by atoms with Crippen molar-refractivity contribution < 1.29 is 14.0 Å². The number of carbonyl (C=O) groups excluding carboxylic acids is 2. The Bertz CT molecular complexity index is 1310. The number of hydrogen-bond acceptors (Lipinski definition) is 6. The third kappa shape index (κ3) is 12.6. The van der Waals surface area contributed by atoms with Gasteiger partial charge in [-0.2, -0.15) is 0 Å². The van der Waals surface area contributed by atoms with Crippen molar-refractivity contribution in [2.45, 2.75) is 75.7 Å². The predicted molar refractivity (Wildman–Crippen MR) is 179 cm³/mol. The molecule has 0 aliphatic rings. The van der Waals surface area contributed by atoms with Gasteiger partial charge in [0.15, 0.2) is 5.89 Å². The lowest BCUT2D eigenvalue weighted by molar-refractivity contribution is -0.127. The lowest BCUT2D eigenvalue weighted by Gasteiger charge is -2.13. The third-order valence-electron chi connectivity index (χ3n) is 5.70. The number of nitrogens with one attached hydrogen (secondary N) is 1. The second-order valence-corrected chi connectivity index (χ2v) is 8.89. The normalized spacial score (nSPS) is 10.5. The molecule has 0 aliphatic heterocycles. The number of carbonyl (C=O) groups is 2. The van der Waals surface area contributed by atoms with Gasteiger partial charge in [0.2, 0.25) is 5.91 Å². The highest BCUT2D eigenvalue weighted by Crippen LogP contribution is 2.30. The Morgan fingerprint density at radius 1 is 1.05 bits per heavy atom. The molecule has 3 N–H and O–H groups in total. The average Bonchev–Trinajstić information content (AvgIpc) is 3.43. The highest BCUT2D eigenvalue weighted by molar-refractivity contribution is 6.36. The van der Waals surface area contributed by atoms with Gasteiger partial charge in [-0.25, -0.2) is 9.97 Å². The number of nitrogens with zero attached hydrogens (tertiary/aromatic N) is 3. The zero-order chi connectivity index (χ0) is 33.0. The molecule has 0 saturated carbocycles. The van der Waals surface area contributed by atoms with Crippen LogP contribution < -0.4 is 11.1 Å². The van der Waals surface area contributed by atoms with Crippen LogP contribution in [-0.2, 0) is 11.2 Å². The van der Waals surface area contributed by atoms with Gasteiger partial charge in [0, 0.05) is 56.9 Å². The largest absolute Gasteiger partial charge is 0.446 e. The molecule has 1 aromatic carbocycles. The maximum absolute atomic E-state index is 12.3. The summed E-state index contributed by atoms with van der Waals surface area (Å²) in [4.78, 5) is 33.6. The van der Waals surface area contributed by atoms with Gasteiger partial charge < -0.3 is 20.4 Å². The van der Waals surface area contributed by atoms with E-state index in [0.29, 0.717) is 28.7 Å². The molecule has 2 heterocycles. The molecule has 3 rings (SSSR count). The number of nitrogens with two attached hydrogens (primary N) is 1. The van der Waals surface area contributed by atoms with Gasteiger partial charge in [0.1, 0.15) is 5.76 Å². The highest BCUT2D eigenvalue weighted by atomic mass is 35.5. The molecule has 42 heavy (non-hydrogen) atoms. The summed E-state index contributed by atoms with van der Waals surface area (Å²) in [6, 6.07) is 5.87. The second kappa shape index (κ2) is 22.2. The van der Waals surface area contributed by atoms with Crippen molar-refractivity contribution in [1.82, 2.24) is 20.2 Å². The topological polar surface area (TPSA) is 114 Å². The summed E-state index contributed by atoms with van der Waals surface area (Å²) in [5, 5.41) is 4.18. The highest BCUT2D eigenvalue weighted by Gasteiger charge is 2.16. The molecule has 234 valence electrons. The summed E-state index contributed by atoms with van der Waals surface area (Å²) in [7, 11) is 4.90. The number of halogens is 1. The van der Waals surface area contributed by atoms with Crippen LogP contribution in [0.25, 0.3) is 16.5 Å². The van der Waals surface area contributed by atoms with E-state index in [-0.39, 0.29) is 11.8 Å². The van der Waals surface area contributed by atoms with E-state index in [0.717, 1.165) is 39.8 Å². The van der Waals surface area contributed by atoms with E-state index in [1.807, 2.05) is 73.6 Å². The molecule has 0 fully saturated rings. The van der Waals surface area contributed by atoms with E-state index in [4.69, 9.17) is 21.0 Å². The van der Waals surface area contributed by atoms with E-state index < -0.39 is 0 Å². The van der Waals surface area contributed by atoms with Gasteiger partial charge in [-0.15, -0.1) is 0 Å². The predicted octanol–water partition coefficient (Wildman–Crippen LogP) is 7.39. The minimum Gasteiger partial charge on any atom is -0.446 e. The van der Waals surface area contributed by atoms with Crippen LogP contribution in [0.2, 0.25) is 0 Å². The number of fused-ring (bicyclic) bond motifs is 1. The summed E-state index contributed by atoms with van der Waals surface area (Å²) >= 11 is 6.30. The van der Waals surface area contributed by atoms with E-state index in [1.54, 1.807) is 45.1 Å². The maximum Gasteiger partial charge on any atom is 0.251 e. The first-order chi connectivity index (χ1) is 20.0. The molecular weight excluding hydrogens is 550 g/mol. The molecule has 2 amide bonds. The Hall–Kier alpha value is -3.49. The number of allylic oxidation sites excluding steroid dienone is 4. The fraction of sp³-hybridized carbons (Fsp3) is 0.455. The second-order valence-electron chi connectivity index (χ2n) is 8.49. The minimum absolute atomic E-state index is 0.0660. The maximum atomic E-state index is 12.3. The molecule has 8 nitrogen and oxygen atoms in total. The van der Waals surface area contributed by atoms with Gasteiger partial charge in [-0.05, 0) is 52.4 Å². The van der Waals surface area contributed by atoms with Crippen molar-refractivity contribution >= 4 is 39.9 Å². The standard InChI is InChI=1S/C19H21ClN2O.C9H14N2O2.2C2H6.CH5N/c1-6-13(16(20)7-2)17-10-15(19(23)21-5)14-9-11(3)8-12(4)18(14)22-17;1-7-10-6-9(13-7)4-5-11(3)8(2)12;3*1-2/h6-10H,1-5H3,(H,21,23);6H,4-5H2,1-3H3;2*1-2H3;2H2,1H3/b13-6+,16-7+;;;;. The summed E-state index contributed by atoms with van der Waals surface area (Å²) in [6.07, 6.45) is 6.15. The van der Waals surface area contributed by atoms with Gasteiger partial charge >= 0.3 is 0 Å². The van der Waals surface area contributed by atoms with Crippen LogP contribution >= 0.6 is 11.6 Å². The zero-order valence-corrected chi connectivity index (χ0v) is 28.7. The van der Waals surface area contributed by atoms with Crippen LogP contribution in [0.1, 0.15) is 87.3 Å². The van der Waals surface area contributed by atoms with Crippen molar-refractivity contribution in [3.63, 3.8) is 0 Å². The number of amides is 2. The van der Waals surface area contributed by atoms with Gasteiger partial charge in [-0.3, -0.25) is 9.59 Å². The number of aryl methyl sites for hydroxylation is 3. The molecule has 2 aromatic heterocycles. The summed E-state index contributed by atoms with van der Waals surface area (Å²) < 4.78 is 5.26. The van der Waals surface area contributed by atoms with Gasteiger partial charge in [0.25, 0.3) is 5.91 Å². The number of likely N-dealkylation sites (N-methyl/N-ethyl adjacent to an activating group) is 1. The number of hydrogen-bond donors (Lipinski definition) is 2. The van der Waals surface area contributed by atoms with Crippen LogP contribution in [0.5, 0.6) is 0 Å². The number of rotatable bonds is 6. The Morgan fingerprint density at radius 3 is 2.10 bits per heavy atom. The van der Waals surface area contributed by atoms with Crippen molar-refractivity contribution in [2.24, 2.45) is 5.73 Å². The van der Waals surface area contributed by atoms with Crippen molar-refractivity contribution in [3.05, 3.63) is 75.6 Å². The van der Waals surface area contributed by atoms with Crippen LogP contribution in [0.3, 0.4) is 0 Å². The Balaban J connectivity index is 0. The molecule has 0 atom stereocenters. The lowest BCUT2D eigenvalue weighted by atomic mass is 9.99. The molecule has 0 radical (unpaired) electrons. The molecule has 3 aromatic rings. The Labute approximate surface area is 258 Å². The van der Waals surface area contributed by atoms with Crippen LogP contribution in [0.4, 0.5) is 0 Å². The number of benzene rings is 1. The van der Waals surface area contributed by atoms with Crippen LogP contribution in [0, 0.1) is 20.8 Å². The van der Waals surface area contributed by atoms with Crippen LogP contribution in [0.15, 0.2) is 46.0 Å². The van der Waals surface area contributed by atoms with E-state index >= 15 is 0 Å². The fourth-order valence-corrected chi connectivity index (χ4v) is 3.87.